The SMILES string of the molecule is Cn1ccc(CC(CBr)(CBr)c2ccccc2Cl)n1. The second-order valence-electron chi connectivity index (χ2n) is 4.68. The molecule has 0 amide bonds. The number of aryl methyl sites for hydroxylation is 1. The number of nitrogens with zero attached hydrogens (tertiary/aromatic N) is 2. The van der Waals surface area contributed by atoms with E-state index in [1.165, 1.54) is 0 Å². The Labute approximate surface area is 135 Å². The van der Waals surface area contributed by atoms with Crippen molar-refractivity contribution in [1.82, 2.24) is 9.78 Å². The van der Waals surface area contributed by atoms with Gasteiger partial charge in [-0.15, -0.1) is 0 Å². The summed E-state index contributed by atoms with van der Waals surface area (Å²) in [7, 11) is 1.93. The summed E-state index contributed by atoms with van der Waals surface area (Å²) in [6.45, 7) is 0. The molecular formula is C14H15Br2ClN2. The van der Waals surface area contributed by atoms with Crippen LogP contribution in [0.4, 0.5) is 0 Å². The predicted molar refractivity (Wildman–Crippen MR) is 87.6 cm³/mol. The Hall–Kier alpha value is -0.320. The third-order valence-corrected chi connectivity index (χ3v) is 5.72. The summed E-state index contributed by atoms with van der Waals surface area (Å²) in [6, 6.07) is 10.1. The molecule has 2 rings (SSSR count). The minimum Gasteiger partial charge on any atom is -0.276 e. The van der Waals surface area contributed by atoms with E-state index in [-0.39, 0.29) is 5.41 Å². The highest BCUT2D eigenvalue weighted by Gasteiger charge is 2.33. The molecular weight excluding hydrogens is 391 g/mol. The first-order chi connectivity index (χ1) is 9.11. The van der Waals surface area contributed by atoms with Crippen LogP contribution in [-0.4, -0.2) is 20.4 Å². The van der Waals surface area contributed by atoms with Crippen molar-refractivity contribution >= 4 is 43.5 Å². The average molecular weight is 407 g/mol. The molecule has 0 bridgehead atoms. The largest absolute Gasteiger partial charge is 0.276 e. The van der Waals surface area contributed by atoms with Crippen molar-refractivity contribution in [3.05, 3.63) is 52.8 Å². The van der Waals surface area contributed by atoms with Gasteiger partial charge in [0.25, 0.3) is 0 Å². The zero-order valence-corrected chi connectivity index (χ0v) is 14.5. The molecule has 0 aliphatic heterocycles. The van der Waals surface area contributed by atoms with E-state index >= 15 is 0 Å². The first-order valence-corrected chi connectivity index (χ1v) is 8.59. The summed E-state index contributed by atoms with van der Waals surface area (Å²) < 4.78 is 1.83. The minimum absolute atomic E-state index is 0.0906. The minimum atomic E-state index is -0.0906. The van der Waals surface area contributed by atoms with Crippen LogP contribution in [0.3, 0.4) is 0 Å². The Morgan fingerprint density at radius 3 is 2.42 bits per heavy atom. The lowest BCUT2D eigenvalue weighted by Gasteiger charge is -2.31. The summed E-state index contributed by atoms with van der Waals surface area (Å²) in [5, 5.41) is 6.93. The van der Waals surface area contributed by atoms with Crippen molar-refractivity contribution in [3.8, 4) is 0 Å². The van der Waals surface area contributed by atoms with Gasteiger partial charge in [-0.25, -0.2) is 0 Å². The van der Waals surface area contributed by atoms with Crippen molar-refractivity contribution in [1.29, 1.82) is 0 Å². The maximum absolute atomic E-state index is 6.37. The molecule has 2 aromatic rings. The third-order valence-electron chi connectivity index (χ3n) is 3.25. The van der Waals surface area contributed by atoms with Crippen LogP contribution in [0.1, 0.15) is 11.3 Å². The standard InChI is InChI=1S/C14H15Br2ClN2/c1-19-7-6-11(18-19)8-14(9-15,10-16)12-4-2-3-5-13(12)17/h2-7H,8-10H2,1H3. The van der Waals surface area contributed by atoms with Gasteiger partial charge in [-0.3, -0.25) is 4.68 Å². The van der Waals surface area contributed by atoms with Crippen LogP contribution in [0.25, 0.3) is 0 Å². The van der Waals surface area contributed by atoms with Gasteiger partial charge >= 0.3 is 0 Å². The highest BCUT2D eigenvalue weighted by Crippen LogP contribution is 2.36. The number of aromatic nitrogens is 2. The average Bonchev–Trinajstić information content (AvgIpc) is 2.82. The monoisotopic (exact) mass is 404 g/mol. The number of hydrogen-bond acceptors (Lipinski definition) is 1. The molecule has 102 valence electrons. The molecule has 0 N–H and O–H groups in total. The number of alkyl halides is 2. The number of hydrogen-bond donors (Lipinski definition) is 0. The van der Waals surface area contributed by atoms with E-state index < -0.39 is 0 Å². The number of halogens is 3. The van der Waals surface area contributed by atoms with E-state index in [2.05, 4.69) is 49.1 Å². The van der Waals surface area contributed by atoms with E-state index in [4.69, 9.17) is 11.6 Å². The lowest BCUT2D eigenvalue weighted by molar-refractivity contribution is 0.537. The highest BCUT2D eigenvalue weighted by atomic mass is 79.9. The highest BCUT2D eigenvalue weighted by molar-refractivity contribution is 9.09. The molecule has 1 aromatic heterocycles. The summed E-state index contributed by atoms with van der Waals surface area (Å²) >= 11 is 13.7. The van der Waals surface area contributed by atoms with Gasteiger partial charge in [0.2, 0.25) is 0 Å². The lowest BCUT2D eigenvalue weighted by Crippen LogP contribution is -2.33. The Morgan fingerprint density at radius 1 is 1.21 bits per heavy atom. The second kappa shape index (κ2) is 6.42. The topological polar surface area (TPSA) is 17.8 Å². The van der Waals surface area contributed by atoms with Gasteiger partial charge in [0.1, 0.15) is 0 Å². The van der Waals surface area contributed by atoms with Gasteiger partial charge in [-0.2, -0.15) is 5.10 Å². The van der Waals surface area contributed by atoms with Gasteiger partial charge in [-0.05, 0) is 17.7 Å². The summed E-state index contributed by atoms with van der Waals surface area (Å²) in [6.07, 6.45) is 2.81. The van der Waals surface area contributed by atoms with Crippen molar-refractivity contribution < 1.29 is 0 Å². The molecule has 0 atom stereocenters. The Kier molecular flexibility index (Phi) is 5.09. The van der Waals surface area contributed by atoms with Crippen LogP contribution in [-0.2, 0) is 18.9 Å². The van der Waals surface area contributed by atoms with E-state index in [0.29, 0.717) is 0 Å². The summed E-state index contributed by atoms with van der Waals surface area (Å²) in [4.78, 5) is 0. The van der Waals surface area contributed by atoms with Gasteiger partial charge in [-0.1, -0.05) is 61.7 Å². The van der Waals surface area contributed by atoms with E-state index in [9.17, 15) is 0 Å². The van der Waals surface area contributed by atoms with Crippen LogP contribution < -0.4 is 0 Å². The van der Waals surface area contributed by atoms with E-state index in [1.807, 2.05) is 36.1 Å². The zero-order chi connectivity index (χ0) is 13.9. The first-order valence-electron chi connectivity index (χ1n) is 5.97. The molecule has 1 aromatic carbocycles. The van der Waals surface area contributed by atoms with Gasteiger partial charge in [0.15, 0.2) is 0 Å². The maximum Gasteiger partial charge on any atom is 0.0633 e. The molecule has 0 spiro atoms. The van der Waals surface area contributed by atoms with Crippen LogP contribution in [0.15, 0.2) is 36.5 Å². The molecule has 0 saturated carbocycles. The molecule has 0 fully saturated rings. The van der Waals surface area contributed by atoms with Crippen molar-refractivity contribution in [2.45, 2.75) is 11.8 Å². The van der Waals surface area contributed by atoms with Crippen molar-refractivity contribution in [2.75, 3.05) is 10.7 Å². The fourth-order valence-corrected chi connectivity index (χ4v) is 4.43. The van der Waals surface area contributed by atoms with E-state index in [1.54, 1.807) is 0 Å². The lowest BCUT2D eigenvalue weighted by atomic mass is 9.80. The van der Waals surface area contributed by atoms with Crippen LogP contribution in [0.2, 0.25) is 5.02 Å². The Morgan fingerprint density at radius 2 is 1.89 bits per heavy atom. The maximum atomic E-state index is 6.37. The Bertz CT molecular complexity index is 550. The molecule has 5 heteroatoms. The van der Waals surface area contributed by atoms with Gasteiger partial charge < -0.3 is 0 Å². The summed E-state index contributed by atoms with van der Waals surface area (Å²) in [5.74, 6) is 0. The fraction of sp³-hybridized carbons (Fsp3) is 0.357. The van der Waals surface area contributed by atoms with Crippen LogP contribution in [0.5, 0.6) is 0 Å². The normalized spacial score (nSPS) is 11.8. The smallest absolute Gasteiger partial charge is 0.0633 e. The molecule has 0 aliphatic carbocycles. The summed E-state index contributed by atoms with van der Waals surface area (Å²) in [5.41, 5.74) is 2.13. The first kappa shape index (κ1) is 15.1. The van der Waals surface area contributed by atoms with Gasteiger partial charge in [0.05, 0.1) is 5.69 Å². The van der Waals surface area contributed by atoms with E-state index in [0.717, 1.165) is 33.4 Å². The molecule has 19 heavy (non-hydrogen) atoms. The number of rotatable bonds is 5. The van der Waals surface area contributed by atoms with Crippen LogP contribution in [0, 0.1) is 0 Å². The van der Waals surface area contributed by atoms with Crippen molar-refractivity contribution in [2.24, 2.45) is 7.05 Å². The molecule has 0 unspecified atom stereocenters. The molecule has 0 saturated heterocycles. The quantitative estimate of drug-likeness (QED) is 0.676. The zero-order valence-electron chi connectivity index (χ0n) is 10.6. The fourth-order valence-electron chi connectivity index (χ4n) is 2.16. The number of benzene rings is 1. The Balaban J connectivity index is 2.40. The van der Waals surface area contributed by atoms with Crippen molar-refractivity contribution in [3.63, 3.8) is 0 Å². The predicted octanol–water partition coefficient (Wildman–Crippen LogP) is 4.34. The molecule has 0 radical (unpaired) electrons. The molecule has 0 aliphatic rings. The van der Waals surface area contributed by atoms with Gasteiger partial charge in [0, 0.05) is 40.8 Å². The molecule has 1 heterocycles. The second-order valence-corrected chi connectivity index (χ2v) is 6.21. The van der Waals surface area contributed by atoms with Crippen LogP contribution >= 0.6 is 43.5 Å². The molecule has 2 nitrogen and oxygen atoms in total. The third kappa shape index (κ3) is 3.23.